The standard InChI is InChI=1S/C14H20N2O2/c1-17-10-6-7-16(8-10)12-9-18-13-5-3-2-4-11(13)14(12)15/h2-5,10,12,14H,6-9,15H2,1H3. The van der Waals surface area contributed by atoms with Gasteiger partial charge in [0.15, 0.2) is 0 Å². The second kappa shape index (κ2) is 4.88. The van der Waals surface area contributed by atoms with Crippen LogP contribution in [0.4, 0.5) is 0 Å². The predicted molar refractivity (Wildman–Crippen MR) is 69.6 cm³/mol. The molecule has 2 aliphatic heterocycles. The number of rotatable bonds is 2. The van der Waals surface area contributed by atoms with Crippen molar-refractivity contribution in [2.75, 3.05) is 26.8 Å². The van der Waals surface area contributed by atoms with Crippen LogP contribution in [0.15, 0.2) is 24.3 Å². The molecule has 98 valence electrons. The summed E-state index contributed by atoms with van der Waals surface area (Å²) in [5.74, 6) is 0.934. The Morgan fingerprint density at radius 2 is 2.22 bits per heavy atom. The fourth-order valence-electron chi connectivity index (χ4n) is 2.95. The molecule has 1 aromatic rings. The van der Waals surface area contributed by atoms with Crippen LogP contribution < -0.4 is 10.5 Å². The molecular formula is C14H20N2O2. The zero-order chi connectivity index (χ0) is 12.5. The Morgan fingerprint density at radius 1 is 1.39 bits per heavy atom. The van der Waals surface area contributed by atoms with Gasteiger partial charge >= 0.3 is 0 Å². The maximum atomic E-state index is 6.39. The summed E-state index contributed by atoms with van der Waals surface area (Å²) in [6.07, 6.45) is 1.43. The highest BCUT2D eigenvalue weighted by Crippen LogP contribution is 2.33. The first kappa shape index (κ1) is 12.0. The third kappa shape index (κ3) is 2.00. The van der Waals surface area contributed by atoms with Crippen LogP contribution >= 0.6 is 0 Å². The zero-order valence-corrected chi connectivity index (χ0v) is 10.7. The average molecular weight is 248 g/mol. The van der Waals surface area contributed by atoms with Gasteiger partial charge in [0.2, 0.25) is 0 Å². The smallest absolute Gasteiger partial charge is 0.124 e. The Kier molecular flexibility index (Phi) is 3.24. The summed E-state index contributed by atoms with van der Waals surface area (Å²) >= 11 is 0. The molecule has 2 heterocycles. The molecule has 0 aromatic heterocycles. The van der Waals surface area contributed by atoms with Crippen LogP contribution in [0, 0.1) is 0 Å². The van der Waals surface area contributed by atoms with E-state index in [0.29, 0.717) is 12.7 Å². The summed E-state index contributed by atoms with van der Waals surface area (Å²) in [5.41, 5.74) is 7.51. The topological polar surface area (TPSA) is 47.7 Å². The molecule has 3 atom stereocenters. The third-order valence-corrected chi connectivity index (χ3v) is 4.08. The summed E-state index contributed by atoms with van der Waals surface area (Å²) in [5, 5.41) is 0. The van der Waals surface area contributed by atoms with E-state index in [1.54, 1.807) is 7.11 Å². The normalized spacial score (nSPS) is 32.0. The van der Waals surface area contributed by atoms with E-state index in [1.165, 1.54) is 0 Å². The number of hydrogen-bond acceptors (Lipinski definition) is 4. The molecule has 3 rings (SSSR count). The molecule has 0 aliphatic carbocycles. The Morgan fingerprint density at radius 3 is 3.00 bits per heavy atom. The molecule has 0 bridgehead atoms. The van der Waals surface area contributed by atoms with Crippen LogP contribution in [0.2, 0.25) is 0 Å². The lowest BCUT2D eigenvalue weighted by molar-refractivity contribution is 0.0784. The molecule has 1 aromatic carbocycles. The van der Waals surface area contributed by atoms with Crippen molar-refractivity contribution in [2.24, 2.45) is 5.73 Å². The Balaban J connectivity index is 1.77. The monoisotopic (exact) mass is 248 g/mol. The number of hydrogen-bond donors (Lipinski definition) is 1. The molecule has 0 saturated carbocycles. The third-order valence-electron chi connectivity index (χ3n) is 4.08. The second-order valence-electron chi connectivity index (χ2n) is 5.08. The van der Waals surface area contributed by atoms with E-state index in [2.05, 4.69) is 11.0 Å². The van der Waals surface area contributed by atoms with E-state index in [0.717, 1.165) is 30.8 Å². The Hall–Kier alpha value is -1.10. The average Bonchev–Trinajstić information content (AvgIpc) is 2.88. The first-order valence-corrected chi connectivity index (χ1v) is 6.53. The molecule has 0 spiro atoms. The summed E-state index contributed by atoms with van der Waals surface area (Å²) < 4.78 is 11.2. The first-order chi connectivity index (χ1) is 8.79. The number of benzene rings is 1. The van der Waals surface area contributed by atoms with Gasteiger partial charge in [-0.3, -0.25) is 4.90 Å². The fraction of sp³-hybridized carbons (Fsp3) is 0.571. The van der Waals surface area contributed by atoms with Gasteiger partial charge in [0, 0.05) is 25.8 Å². The lowest BCUT2D eigenvalue weighted by atomic mass is 9.96. The zero-order valence-electron chi connectivity index (χ0n) is 10.7. The quantitative estimate of drug-likeness (QED) is 0.853. The van der Waals surface area contributed by atoms with Crippen LogP contribution in [0.5, 0.6) is 5.75 Å². The minimum Gasteiger partial charge on any atom is -0.492 e. The molecule has 1 saturated heterocycles. The predicted octanol–water partition coefficient (Wildman–Crippen LogP) is 1.17. The van der Waals surface area contributed by atoms with Crippen molar-refractivity contribution in [3.05, 3.63) is 29.8 Å². The lowest BCUT2D eigenvalue weighted by Crippen LogP contribution is -2.48. The van der Waals surface area contributed by atoms with Crippen LogP contribution in [0.25, 0.3) is 0 Å². The highest BCUT2D eigenvalue weighted by Gasteiger charge is 2.36. The maximum absolute atomic E-state index is 6.39. The molecule has 0 amide bonds. The number of fused-ring (bicyclic) bond motifs is 1. The van der Waals surface area contributed by atoms with Crippen molar-refractivity contribution in [3.8, 4) is 5.75 Å². The highest BCUT2D eigenvalue weighted by atomic mass is 16.5. The number of likely N-dealkylation sites (tertiary alicyclic amines) is 1. The van der Waals surface area contributed by atoms with Gasteiger partial charge < -0.3 is 15.2 Å². The minimum absolute atomic E-state index is 0.0329. The van der Waals surface area contributed by atoms with Gasteiger partial charge in [-0.1, -0.05) is 18.2 Å². The van der Waals surface area contributed by atoms with Crippen LogP contribution in [-0.2, 0) is 4.74 Å². The van der Waals surface area contributed by atoms with Gasteiger partial charge in [0.25, 0.3) is 0 Å². The number of nitrogens with two attached hydrogens (primary N) is 1. The van der Waals surface area contributed by atoms with Crippen molar-refractivity contribution in [1.82, 2.24) is 4.90 Å². The molecule has 18 heavy (non-hydrogen) atoms. The number of nitrogens with zero attached hydrogens (tertiary/aromatic N) is 1. The van der Waals surface area contributed by atoms with Gasteiger partial charge in [0.1, 0.15) is 12.4 Å². The van der Waals surface area contributed by atoms with Gasteiger partial charge in [-0.05, 0) is 12.5 Å². The van der Waals surface area contributed by atoms with Crippen molar-refractivity contribution in [3.63, 3.8) is 0 Å². The van der Waals surface area contributed by atoms with Gasteiger partial charge in [-0.2, -0.15) is 0 Å². The van der Waals surface area contributed by atoms with E-state index in [9.17, 15) is 0 Å². The molecule has 3 unspecified atom stereocenters. The number of ether oxygens (including phenoxy) is 2. The first-order valence-electron chi connectivity index (χ1n) is 6.53. The van der Waals surface area contributed by atoms with E-state index in [1.807, 2.05) is 18.2 Å². The number of methoxy groups -OCH3 is 1. The lowest BCUT2D eigenvalue weighted by Gasteiger charge is -2.37. The fourth-order valence-corrected chi connectivity index (χ4v) is 2.95. The second-order valence-corrected chi connectivity index (χ2v) is 5.08. The van der Waals surface area contributed by atoms with Crippen molar-refractivity contribution in [1.29, 1.82) is 0 Å². The maximum Gasteiger partial charge on any atom is 0.124 e. The van der Waals surface area contributed by atoms with Crippen LogP contribution in [-0.4, -0.2) is 43.9 Å². The van der Waals surface area contributed by atoms with Crippen molar-refractivity contribution < 1.29 is 9.47 Å². The van der Waals surface area contributed by atoms with E-state index < -0.39 is 0 Å². The largest absolute Gasteiger partial charge is 0.492 e. The summed E-state index contributed by atoms with van der Waals surface area (Å²) in [6.45, 7) is 2.68. The molecule has 2 aliphatic rings. The van der Waals surface area contributed by atoms with Gasteiger partial charge in [0.05, 0.1) is 18.2 Å². The molecule has 4 heteroatoms. The molecule has 1 fully saturated rings. The van der Waals surface area contributed by atoms with Crippen LogP contribution in [0.1, 0.15) is 18.0 Å². The Labute approximate surface area is 108 Å². The van der Waals surface area contributed by atoms with Gasteiger partial charge in [-0.15, -0.1) is 0 Å². The molecule has 4 nitrogen and oxygen atoms in total. The SMILES string of the molecule is COC1CCN(C2COc3ccccc3C2N)C1. The minimum atomic E-state index is 0.0329. The summed E-state index contributed by atoms with van der Waals surface area (Å²) in [6, 6.07) is 8.36. The van der Waals surface area contributed by atoms with Gasteiger partial charge in [-0.25, -0.2) is 0 Å². The van der Waals surface area contributed by atoms with E-state index in [4.69, 9.17) is 15.2 Å². The molecular weight excluding hydrogens is 228 g/mol. The summed E-state index contributed by atoms with van der Waals surface area (Å²) in [4.78, 5) is 2.40. The number of para-hydroxylation sites is 1. The molecule has 0 radical (unpaired) electrons. The highest BCUT2D eigenvalue weighted by molar-refractivity contribution is 5.38. The van der Waals surface area contributed by atoms with E-state index in [-0.39, 0.29) is 12.1 Å². The molecule has 2 N–H and O–H groups in total. The van der Waals surface area contributed by atoms with Crippen LogP contribution in [0.3, 0.4) is 0 Å². The Bertz CT molecular complexity index is 424. The van der Waals surface area contributed by atoms with E-state index >= 15 is 0 Å². The van der Waals surface area contributed by atoms with Crippen molar-refractivity contribution >= 4 is 0 Å². The summed E-state index contributed by atoms with van der Waals surface area (Å²) in [7, 11) is 1.78. The van der Waals surface area contributed by atoms with Crippen molar-refractivity contribution in [2.45, 2.75) is 24.6 Å².